The minimum atomic E-state index is -3.22. The molecule has 0 spiro atoms. The molecule has 8 heteroatoms. The molecule has 2 N–H and O–H groups in total. The molecule has 17 heavy (non-hydrogen) atoms. The van der Waals surface area contributed by atoms with Crippen LogP contribution in [0.5, 0.6) is 0 Å². The lowest BCUT2D eigenvalue weighted by Crippen LogP contribution is -2.26. The van der Waals surface area contributed by atoms with Crippen molar-refractivity contribution in [3.05, 3.63) is 16.5 Å². The van der Waals surface area contributed by atoms with E-state index in [2.05, 4.69) is 20.0 Å². The second-order valence-electron chi connectivity index (χ2n) is 3.48. The first kappa shape index (κ1) is 14.1. The summed E-state index contributed by atoms with van der Waals surface area (Å²) in [5.74, 6) is 0.357. The summed E-state index contributed by atoms with van der Waals surface area (Å²) in [6.07, 6.45) is 0. The standard InChI is InChI=1S/C9H15ClN4O2S/c1-6-7(2)14-9(8(10)13-6)12-4-5-17(15,16)11-3/h11H,4-5H2,1-3H3,(H,12,14). The molecule has 0 saturated carbocycles. The van der Waals surface area contributed by atoms with Crippen molar-refractivity contribution in [1.82, 2.24) is 14.7 Å². The van der Waals surface area contributed by atoms with Gasteiger partial charge >= 0.3 is 0 Å². The van der Waals surface area contributed by atoms with Crippen LogP contribution >= 0.6 is 11.6 Å². The summed E-state index contributed by atoms with van der Waals surface area (Å²) in [7, 11) is -1.85. The number of hydrogen-bond acceptors (Lipinski definition) is 5. The fraction of sp³-hybridized carbons (Fsp3) is 0.556. The Kier molecular flexibility index (Phi) is 4.67. The van der Waals surface area contributed by atoms with Crippen LogP contribution in [-0.4, -0.2) is 37.7 Å². The maximum Gasteiger partial charge on any atom is 0.213 e. The van der Waals surface area contributed by atoms with Gasteiger partial charge in [-0.2, -0.15) is 0 Å². The Balaban J connectivity index is 2.68. The maximum absolute atomic E-state index is 11.2. The molecule has 96 valence electrons. The molecule has 0 atom stereocenters. The molecule has 0 radical (unpaired) electrons. The van der Waals surface area contributed by atoms with Crippen LogP contribution in [0.1, 0.15) is 11.4 Å². The normalized spacial score (nSPS) is 11.5. The number of halogens is 1. The van der Waals surface area contributed by atoms with Gasteiger partial charge in [0.2, 0.25) is 10.0 Å². The molecule has 0 unspecified atom stereocenters. The van der Waals surface area contributed by atoms with Crippen molar-refractivity contribution in [3.8, 4) is 0 Å². The van der Waals surface area contributed by atoms with Gasteiger partial charge < -0.3 is 5.32 Å². The van der Waals surface area contributed by atoms with Gasteiger partial charge in [-0.25, -0.2) is 23.1 Å². The van der Waals surface area contributed by atoms with Gasteiger partial charge in [-0.1, -0.05) is 11.6 Å². The van der Waals surface area contributed by atoms with Crippen LogP contribution in [0.3, 0.4) is 0 Å². The van der Waals surface area contributed by atoms with Gasteiger partial charge in [-0.15, -0.1) is 0 Å². The van der Waals surface area contributed by atoms with E-state index in [-0.39, 0.29) is 17.5 Å². The lowest BCUT2D eigenvalue weighted by Gasteiger charge is -2.09. The van der Waals surface area contributed by atoms with E-state index < -0.39 is 10.0 Å². The summed E-state index contributed by atoms with van der Waals surface area (Å²) in [5.41, 5.74) is 1.51. The van der Waals surface area contributed by atoms with Gasteiger partial charge in [0.15, 0.2) is 11.0 Å². The molecule has 0 amide bonds. The first-order valence-electron chi connectivity index (χ1n) is 5.01. The van der Waals surface area contributed by atoms with Gasteiger partial charge in [-0.3, -0.25) is 0 Å². The third-order valence-electron chi connectivity index (χ3n) is 2.24. The van der Waals surface area contributed by atoms with Crippen molar-refractivity contribution in [1.29, 1.82) is 0 Å². The van der Waals surface area contributed by atoms with Gasteiger partial charge in [0.05, 0.1) is 17.1 Å². The highest BCUT2D eigenvalue weighted by atomic mass is 35.5. The summed E-state index contributed by atoms with van der Waals surface area (Å²) in [6.45, 7) is 3.84. The van der Waals surface area contributed by atoms with Crippen molar-refractivity contribution in [2.45, 2.75) is 13.8 Å². The van der Waals surface area contributed by atoms with Crippen LogP contribution in [0.15, 0.2) is 0 Å². The van der Waals surface area contributed by atoms with Gasteiger partial charge in [-0.05, 0) is 20.9 Å². The monoisotopic (exact) mass is 278 g/mol. The van der Waals surface area contributed by atoms with E-state index in [0.29, 0.717) is 5.82 Å². The SMILES string of the molecule is CNS(=O)(=O)CCNc1nc(C)c(C)nc1Cl. The number of hydrogen-bond donors (Lipinski definition) is 2. The summed E-state index contributed by atoms with van der Waals surface area (Å²) in [5, 5.41) is 3.09. The number of aryl methyl sites for hydroxylation is 2. The Morgan fingerprint density at radius 1 is 1.24 bits per heavy atom. The average Bonchev–Trinajstić information content (AvgIpc) is 2.25. The molecule has 6 nitrogen and oxygen atoms in total. The van der Waals surface area contributed by atoms with Crippen LogP contribution in [0.25, 0.3) is 0 Å². The molecule has 0 aromatic carbocycles. The average molecular weight is 279 g/mol. The number of rotatable bonds is 5. The molecule has 1 aromatic rings. The largest absolute Gasteiger partial charge is 0.366 e. The maximum atomic E-state index is 11.2. The van der Waals surface area contributed by atoms with Crippen LogP contribution < -0.4 is 10.0 Å². The summed E-state index contributed by atoms with van der Waals surface area (Å²) in [4.78, 5) is 8.28. The molecule has 1 rings (SSSR count). The fourth-order valence-electron chi connectivity index (χ4n) is 1.09. The Labute approximate surface area is 106 Å². The first-order chi connectivity index (χ1) is 7.85. The summed E-state index contributed by atoms with van der Waals surface area (Å²) >= 11 is 5.88. The second-order valence-corrected chi connectivity index (χ2v) is 5.89. The first-order valence-corrected chi connectivity index (χ1v) is 7.04. The van der Waals surface area contributed by atoms with Gasteiger partial charge in [0, 0.05) is 6.54 Å². The molecule has 1 aromatic heterocycles. The zero-order valence-corrected chi connectivity index (χ0v) is 11.5. The van der Waals surface area contributed by atoms with E-state index in [1.165, 1.54) is 7.05 Å². The molecule has 1 heterocycles. The van der Waals surface area contributed by atoms with Crippen molar-refractivity contribution in [2.75, 3.05) is 24.7 Å². The van der Waals surface area contributed by atoms with Crippen molar-refractivity contribution < 1.29 is 8.42 Å². The summed E-state index contributed by atoms with van der Waals surface area (Å²) in [6, 6.07) is 0. The molecule has 0 saturated heterocycles. The van der Waals surface area contributed by atoms with Crippen LogP contribution in [0, 0.1) is 13.8 Å². The van der Waals surface area contributed by atoms with Crippen molar-refractivity contribution in [3.63, 3.8) is 0 Å². The molecular formula is C9H15ClN4O2S. The number of sulfonamides is 1. The van der Waals surface area contributed by atoms with E-state index in [0.717, 1.165) is 11.4 Å². The zero-order chi connectivity index (χ0) is 13.1. The molecule has 0 aliphatic heterocycles. The molecule has 0 aliphatic carbocycles. The Morgan fingerprint density at radius 3 is 2.41 bits per heavy atom. The fourth-order valence-corrected chi connectivity index (χ4v) is 1.90. The molecule has 0 aliphatic rings. The predicted molar refractivity (Wildman–Crippen MR) is 67.9 cm³/mol. The van der Waals surface area contributed by atoms with Crippen molar-refractivity contribution in [2.24, 2.45) is 0 Å². The third kappa shape index (κ3) is 4.10. The Bertz CT molecular complexity index is 504. The highest BCUT2D eigenvalue weighted by molar-refractivity contribution is 7.89. The quantitative estimate of drug-likeness (QED) is 0.829. The topological polar surface area (TPSA) is 84.0 Å². The molecule has 0 bridgehead atoms. The molecular weight excluding hydrogens is 264 g/mol. The Hall–Kier alpha value is -0.920. The third-order valence-corrected chi connectivity index (χ3v) is 3.87. The number of anilines is 1. The van der Waals surface area contributed by atoms with E-state index in [9.17, 15) is 8.42 Å². The van der Waals surface area contributed by atoms with E-state index in [4.69, 9.17) is 11.6 Å². The Morgan fingerprint density at radius 2 is 1.82 bits per heavy atom. The number of nitrogens with zero attached hydrogens (tertiary/aromatic N) is 2. The smallest absolute Gasteiger partial charge is 0.213 e. The minimum absolute atomic E-state index is 0.0472. The van der Waals surface area contributed by atoms with E-state index >= 15 is 0 Å². The number of aromatic nitrogens is 2. The molecule has 0 fully saturated rings. The van der Waals surface area contributed by atoms with Gasteiger partial charge in [0.25, 0.3) is 0 Å². The van der Waals surface area contributed by atoms with Crippen LogP contribution in [0.4, 0.5) is 5.82 Å². The van der Waals surface area contributed by atoms with E-state index in [1.807, 2.05) is 13.8 Å². The zero-order valence-electron chi connectivity index (χ0n) is 9.91. The highest BCUT2D eigenvalue weighted by Crippen LogP contribution is 2.17. The predicted octanol–water partition coefficient (Wildman–Crippen LogP) is 0.708. The van der Waals surface area contributed by atoms with Crippen LogP contribution in [0.2, 0.25) is 5.15 Å². The van der Waals surface area contributed by atoms with Crippen LogP contribution in [-0.2, 0) is 10.0 Å². The van der Waals surface area contributed by atoms with Crippen molar-refractivity contribution >= 4 is 27.4 Å². The van der Waals surface area contributed by atoms with E-state index in [1.54, 1.807) is 0 Å². The lowest BCUT2D eigenvalue weighted by molar-refractivity contribution is 0.588. The second kappa shape index (κ2) is 5.61. The number of nitrogens with one attached hydrogen (secondary N) is 2. The lowest BCUT2D eigenvalue weighted by atomic mass is 10.3. The minimum Gasteiger partial charge on any atom is -0.366 e. The highest BCUT2D eigenvalue weighted by Gasteiger charge is 2.09. The van der Waals surface area contributed by atoms with Gasteiger partial charge in [0.1, 0.15) is 0 Å². The summed E-state index contributed by atoms with van der Waals surface area (Å²) < 4.78 is 24.6.